The van der Waals surface area contributed by atoms with Crippen LogP contribution in [-0.2, 0) is 27.0 Å². The van der Waals surface area contributed by atoms with Gasteiger partial charge in [-0.25, -0.2) is 0 Å². The Morgan fingerprint density at radius 2 is 1.97 bits per heavy atom. The van der Waals surface area contributed by atoms with Crippen LogP contribution in [-0.4, -0.2) is 60.0 Å². The van der Waals surface area contributed by atoms with Crippen LogP contribution in [0.15, 0.2) is 18.2 Å². The SMILES string of the molecule is CN[C@H]1C[C@@H](C)CCN([C@H]2Cc3ccc(C(F)(F)F)cc3N(CC(=O)O)C2=O)C1=O. The number of rotatable bonds is 4. The Balaban J connectivity index is 2.02. The van der Waals surface area contributed by atoms with Gasteiger partial charge in [0.15, 0.2) is 0 Å². The van der Waals surface area contributed by atoms with E-state index in [-0.39, 0.29) is 23.9 Å². The standard InChI is InChI=1S/C20H24F3N3O4/c1-11-5-6-25(18(29)14(7-11)24-2)16-8-12-3-4-13(20(21,22)23)9-15(12)26(19(16)30)10-17(27)28/h3-4,9,11,14,16,24H,5-8,10H2,1-2H3,(H,27,28)/t11-,14-,16-/m0/s1. The van der Waals surface area contributed by atoms with Gasteiger partial charge in [0.05, 0.1) is 11.6 Å². The second kappa shape index (κ2) is 8.25. The Kier molecular flexibility index (Phi) is 6.07. The number of amides is 2. The van der Waals surface area contributed by atoms with Gasteiger partial charge in [0.1, 0.15) is 12.6 Å². The van der Waals surface area contributed by atoms with Crippen LogP contribution in [0.1, 0.15) is 30.9 Å². The maximum absolute atomic E-state index is 13.2. The minimum atomic E-state index is -4.62. The first-order valence-electron chi connectivity index (χ1n) is 9.74. The van der Waals surface area contributed by atoms with Gasteiger partial charge in [-0.2, -0.15) is 13.2 Å². The van der Waals surface area contributed by atoms with Crippen molar-refractivity contribution >= 4 is 23.5 Å². The van der Waals surface area contributed by atoms with E-state index in [2.05, 4.69) is 5.32 Å². The lowest BCUT2D eigenvalue weighted by Crippen LogP contribution is -2.58. The molecule has 0 bridgehead atoms. The van der Waals surface area contributed by atoms with E-state index in [4.69, 9.17) is 0 Å². The lowest BCUT2D eigenvalue weighted by atomic mass is 9.94. The minimum Gasteiger partial charge on any atom is -0.480 e. The van der Waals surface area contributed by atoms with Gasteiger partial charge in [0.25, 0.3) is 5.91 Å². The third kappa shape index (κ3) is 4.28. The quantitative estimate of drug-likeness (QED) is 0.766. The molecule has 0 unspecified atom stereocenters. The van der Waals surface area contributed by atoms with Gasteiger partial charge >= 0.3 is 12.1 Å². The van der Waals surface area contributed by atoms with Gasteiger partial charge in [0, 0.05) is 18.7 Å². The van der Waals surface area contributed by atoms with Crippen LogP contribution in [0.3, 0.4) is 0 Å². The topological polar surface area (TPSA) is 89.9 Å². The van der Waals surface area contributed by atoms with Crippen LogP contribution < -0.4 is 10.2 Å². The zero-order valence-corrected chi connectivity index (χ0v) is 16.7. The van der Waals surface area contributed by atoms with Crippen molar-refractivity contribution in [3.8, 4) is 0 Å². The summed E-state index contributed by atoms with van der Waals surface area (Å²) in [6.07, 6.45) is -3.30. The number of carboxylic acid groups (broad SMARTS) is 1. The molecule has 0 aromatic heterocycles. The van der Waals surface area contributed by atoms with Crippen LogP contribution in [0.2, 0.25) is 0 Å². The van der Waals surface area contributed by atoms with Gasteiger partial charge in [-0.15, -0.1) is 0 Å². The zero-order chi connectivity index (χ0) is 22.2. The van der Waals surface area contributed by atoms with E-state index in [9.17, 15) is 32.7 Å². The fourth-order valence-corrected chi connectivity index (χ4v) is 4.14. The number of likely N-dealkylation sites (N-methyl/N-ethyl adjacent to an activating group) is 1. The smallest absolute Gasteiger partial charge is 0.416 e. The largest absolute Gasteiger partial charge is 0.480 e. The Labute approximate surface area is 171 Å². The Bertz CT molecular complexity index is 858. The van der Waals surface area contributed by atoms with Crippen LogP contribution in [0.25, 0.3) is 0 Å². The highest BCUT2D eigenvalue weighted by molar-refractivity contribution is 6.05. The van der Waals surface area contributed by atoms with Crippen molar-refractivity contribution in [2.24, 2.45) is 5.92 Å². The highest BCUT2D eigenvalue weighted by Crippen LogP contribution is 2.37. The summed E-state index contributed by atoms with van der Waals surface area (Å²) in [6, 6.07) is 1.54. The summed E-state index contributed by atoms with van der Waals surface area (Å²) >= 11 is 0. The Hall–Kier alpha value is -2.62. The number of carbonyl (C=O) groups excluding carboxylic acids is 2. The van der Waals surface area contributed by atoms with E-state index in [1.165, 1.54) is 11.0 Å². The Morgan fingerprint density at radius 3 is 2.57 bits per heavy atom. The number of aliphatic carboxylic acids is 1. The summed E-state index contributed by atoms with van der Waals surface area (Å²) in [5, 5.41) is 12.2. The van der Waals surface area contributed by atoms with Crippen molar-refractivity contribution in [2.75, 3.05) is 25.0 Å². The van der Waals surface area contributed by atoms with E-state index in [0.29, 0.717) is 24.9 Å². The summed E-state index contributed by atoms with van der Waals surface area (Å²) in [5.41, 5.74) is -0.632. The number of hydrogen-bond acceptors (Lipinski definition) is 4. The van der Waals surface area contributed by atoms with Crippen LogP contribution >= 0.6 is 0 Å². The van der Waals surface area contributed by atoms with Crippen molar-refractivity contribution in [3.05, 3.63) is 29.3 Å². The molecule has 0 spiro atoms. The lowest BCUT2D eigenvalue weighted by Gasteiger charge is -2.39. The molecule has 3 rings (SSSR count). The third-order valence-electron chi connectivity index (χ3n) is 5.77. The monoisotopic (exact) mass is 427 g/mol. The predicted octanol–water partition coefficient (Wildman–Crippen LogP) is 1.89. The summed E-state index contributed by atoms with van der Waals surface area (Å²) in [5.74, 6) is -2.05. The molecule has 7 nitrogen and oxygen atoms in total. The van der Waals surface area contributed by atoms with E-state index >= 15 is 0 Å². The van der Waals surface area contributed by atoms with E-state index in [0.717, 1.165) is 17.0 Å². The van der Waals surface area contributed by atoms with Crippen molar-refractivity contribution in [1.29, 1.82) is 0 Å². The number of halogens is 3. The fourth-order valence-electron chi connectivity index (χ4n) is 4.14. The number of likely N-dealkylation sites (tertiary alicyclic amines) is 1. The van der Waals surface area contributed by atoms with Gasteiger partial charge in [-0.05, 0) is 43.5 Å². The second-order valence-electron chi connectivity index (χ2n) is 7.88. The maximum Gasteiger partial charge on any atom is 0.416 e. The number of hydrogen-bond donors (Lipinski definition) is 2. The molecule has 1 fully saturated rings. The third-order valence-corrected chi connectivity index (χ3v) is 5.77. The average Bonchev–Trinajstić information content (AvgIpc) is 2.81. The molecule has 0 radical (unpaired) electrons. The van der Waals surface area contributed by atoms with Crippen LogP contribution in [0.4, 0.5) is 18.9 Å². The molecule has 2 heterocycles. The number of benzene rings is 1. The average molecular weight is 427 g/mol. The molecule has 2 amide bonds. The summed E-state index contributed by atoms with van der Waals surface area (Å²) < 4.78 is 39.4. The highest BCUT2D eigenvalue weighted by Gasteiger charge is 2.43. The van der Waals surface area contributed by atoms with Gasteiger partial charge in [-0.3, -0.25) is 19.3 Å². The lowest BCUT2D eigenvalue weighted by molar-refractivity contribution is -0.141. The van der Waals surface area contributed by atoms with E-state index in [1.54, 1.807) is 7.05 Å². The van der Waals surface area contributed by atoms with Crippen molar-refractivity contribution in [3.63, 3.8) is 0 Å². The number of fused-ring (bicyclic) bond motifs is 1. The summed E-state index contributed by atoms with van der Waals surface area (Å²) in [6.45, 7) is 1.55. The molecule has 2 aliphatic rings. The van der Waals surface area contributed by atoms with E-state index in [1.807, 2.05) is 6.92 Å². The molecule has 1 aromatic rings. The predicted molar refractivity (Wildman–Crippen MR) is 102 cm³/mol. The Morgan fingerprint density at radius 1 is 1.27 bits per heavy atom. The zero-order valence-electron chi connectivity index (χ0n) is 16.7. The molecule has 1 aromatic carbocycles. The molecule has 10 heteroatoms. The highest BCUT2D eigenvalue weighted by atomic mass is 19.4. The molecular weight excluding hydrogens is 403 g/mol. The van der Waals surface area contributed by atoms with Gasteiger partial charge < -0.3 is 15.3 Å². The normalized spacial score (nSPS) is 25.2. The maximum atomic E-state index is 13.2. The van der Waals surface area contributed by atoms with Crippen molar-refractivity contribution in [2.45, 2.75) is 44.4 Å². The number of carboxylic acids is 1. The van der Waals surface area contributed by atoms with Crippen LogP contribution in [0, 0.1) is 5.92 Å². The molecular formula is C20H24F3N3O4. The fraction of sp³-hybridized carbons (Fsp3) is 0.550. The number of alkyl halides is 3. The van der Waals surface area contributed by atoms with Crippen molar-refractivity contribution < 1.29 is 32.7 Å². The first-order chi connectivity index (χ1) is 14.0. The second-order valence-corrected chi connectivity index (χ2v) is 7.88. The number of carbonyl (C=O) groups is 3. The van der Waals surface area contributed by atoms with Crippen LogP contribution in [0.5, 0.6) is 0 Å². The van der Waals surface area contributed by atoms with Gasteiger partial charge in [-0.1, -0.05) is 13.0 Å². The van der Waals surface area contributed by atoms with Crippen molar-refractivity contribution in [1.82, 2.24) is 10.2 Å². The number of anilines is 1. The molecule has 1 saturated heterocycles. The number of nitrogens with zero attached hydrogens (tertiary/aromatic N) is 2. The van der Waals surface area contributed by atoms with E-state index < -0.39 is 42.2 Å². The molecule has 2 aliphatic heterocycles. The summed E-state index contributed by atoms with van der Waals surface area (Å²) in [7, 11) is 1.66. The molecule has 30 heavy (non-hydrogen) atoms. The molecule has 164 valence electrons. The molecule has 2 N–H and O–H groups in total. The number of nitrogens with one attached hydrogen (secondary N) is 1. The first kappa shape index (κ1) is 22.1. The minimum absolute atomic E-state index is 0.0407. The molecule has 0 saturated carbocycles. The van der Waals surface area contributed by atoms with Gasteiger partial charge in [0.2, 0.25) is 5.91 Å². The first-order valence-corrected chi connectivity index (χ1v) is 9.74. The summed E-state index contributed by atoms with van der Waals surface area (Å²) in [4.78, 5) is 39.8. The molecule has 0 aliphatic carbocycles. The molecule has 3 atom stereocenters.